The van der Waals surface area contributed by atoms with Gasteiger partial charge in [-0.15, -0.1) is 0 Å². The number of carbonyl (C=O) groups excluding carboxylic acids is 1. The summed E-state index contributed by atoms with van der Waals surface area (Å²) < 4.78 is 42.5. The van der Waals surface area contributed by atoms with Crippen LogP contribution in [0.15, 0.2) is 30.3 Å². The van der Waals surface area contributed by atoms with Crippen molar-refractivity contribution in [2.45, 2.75) is 72.6 Å². The summed E-state index contributed by atoms with van der Waals surface area (Å²) >= 11 is 0. The van der Waals surface area contributed by atoms with Gasteiger partial charge in [0.1, 0.15) is 5.82 Å². The molecule has 9 nitrogen and oxygen atoms in total. The van der Waals surface area contributed by atoms with E-state index >= 15 is 4.39 Å². The van der Waals surface area contributed by atoms with E-state index in [-0.39, 0.29) is 40.7 Å². The third-order valence-corrected chi connectivity index (χ3v) is 7.40. The maximum absolute atomic E-state index is 15.5. The Morgan fingerprint density at radius 3 is 2.56 bits per heavy atom. The van der Waals surface area contributed by atoms with Gasteiger partial charge >= 0.3 is 5.97 Å². The summed E-state index contributed by atoms with van der Waals surface area (Å²) in [5.41, 5.74) is 3.03. The van der Waals surface area contributed by atoms with Crippen LogP contribution in [0.5, 0.6) is 5.75 Å². The Morgan fingerprint density at radius 1 is 1.14 bits per heavy atom. The summed E-state index contributed by atoms with van der Waals surface area (Å²) in [6.07, 6.45) is -0.183. The Morgan fingerprint density at radius 2 is 1.88 bits per heavy atom. The number of aliphatic carboxylic acids is 1. The van der Waals surface area contributed by atoms with Crippen molar-refractivity contribution in [3.8, 4) is 17.0 Å². The van der Waals surface area contributed by atoms with Crippen molar-refractivity contribution in [3.05, 3.63) is 81.2 Å². The zero-order valence-electron chi connectivity index (χ0n) is 25.0. The van der Waals surface area contributed by atoms with E-state index in [9.17, 15) is 19.1 Å². The summed E-state index contributed by atoms with van der Waals surface area (Å²) in [6.45, 7) is 10.8. The predicted molar refractivity (Wildman–Crippen MR) is 155 cm³/mol. The third kappa shape index (κ3) is 5.94. The fraction of sp³-hybridized carbons (Fsp3) is 0.375. The molecule has 0 bridgehead atoms. The van der Waals surface area contributed by atoms with E-state index in [1.165, 1.54) is 22.7 Å². The fourth-order valence-electron chi connectivity index (χ4n) is 5.33. The number of carboxylic acid groups (broad SMARTS) is 1. The molecule has 3 heterocycles. The van der Waals surface area contributed by atoms with Gasteiger partial charge in [0.05, 0.1) is 17.9 Å². The van der Waals surface area contributed by atoms with Crippen LogP contribution < -0.4 is 10.1 Å². The molecule has 0 spiro atoms. The molecule has 5 rings (SSSR count). The van der Waals surface area contributed by atoms with E-state index in [2.05, 4.69) is 15.4 Å². The number of nitrogens with one attached hydrogen (secondary N) is 1. The van der Waals surface area contributed by atoms with E-state index in [0.717, 1.165) is 0 Å². The Balaban J connectivity index is 1.69. The first kappa shape index (κ1) is 30.1. The quantitative estimate of drug-likeness (QED) is 0.279. The molecule has 2 N–H and O–H groups in total. The summed E-state index contributed by atoms with van der Waals surface area (Å²) in [5.74, 6) is -2.57. The molecule has 1 amide bonds. The van der Waals surface area contributed by atoms with E-state index in [1.807, 2.05) is 6.92 Å². The topological polar surface area (TPSA) is 115 Å². The standard InChI is InChI=1S/C32H34F2N4O5/c1-16-9-10-19(12-22(16)33)15-35-30(39)24-14-25-36-18(3)26(29(31(40)41)43-32(4,5)6)27(38(25)37-24)21-13-23(34)28-20(17(21)2)8-7-11-42-28/h9-10,12-14,29H,7-8,11,15H2,1-6H3,(H,35,39)(H,40,41)/t29-/m0/s1. The lowest BCUT2D eigenvalue weighted by molar-refractivity contribution is -0.160. The molecule has 1 aliphatic rings. The van der Waals surface area contributed by atoms with E-state index in [1.54, 1.807) is 46.8 Å². The van der Waals surface area contributed by atoms with Gasteiger partial charge in [-0.25, -0.2) is 23.1 Å². The van der Waals surface area contributed by atoms with E-state index < -0.39 is 29.4 Å². The minimum absolute atomic E-state index is 0.000849. The van der Waals surface area contributed by atoms with Crippen molar-refractivity contribution >= 4 is 17.5 Å². The minimum Gasteiger partial charge on any atom is -0.490 e. The molecular formula is C32H34F2N4O5. The van der Waals surface area contributed by atoms with Gasteiger partial charge in [-0.1, -0.05) is 12.1 Å². The molecule has 4 aromatic rings. The van der Waals surface area contributed by atoms with Crippen LogP contribution in [0.3, 0.4) is 0 Å². The number of carboxylic acids is 1. The van der Waals surface area contributed by atoms with Crippen molar-refractivity contribution in [1.82, 2.24) is 19.9 Å². The van der Waals surface area contributed by atoms with Crippen molar-refractivity contribution in [2.24, 2.45) is 0 Å². The molecule has 1 atom stereocenters. The molecule has 0 aliphatic carbocycles. The number of halogens is 2. The number of nitrogens with zero attached hydrogens (tertiary/aromatic N) is 3. The van der Waals surface area contributed by atoms with Gasteiger partial charge in [-0.05, 0) is 83.2 Å². The first-order valence-corrected chi connectivity index (χ1v) is 14.0. The van der Waals surface area contributed by atoms with Gasteiger partial charge < -0.3 is 19.9 Å². The molecule has 2 aromatic heterocycles. The van der Waals surface area contributed by atoms with Crippen molar-refractivity contribution in [2.75, 3.05) is 6.61 Å². The SMILES string of the molecule is Cc1ccc(CNC(=O)c2cc3nc(C)c([C@H](OC(C)(C)C)C(=O)O)c(-c4cc(F)c5c(c4C)CCCO5)n3n2)cc1F. The molecule has 226 valence electrons. The summed E-state index contributed by atoms with van der Waals surface area (Å²) in [7, 11) is 0. The predicted octanol–water partition coefficient (Wildman–Crippen LogP) is 5.80. The Kier molecular flexibility index (Phi) is 7.95. The zero-order valence-corrected chi connectivity index (χ0v) is 25.0. The Labute approximate surface area is 247 Å². The molecule has 0 radical (unpaired) electrons. The van der Waals surface area contributed by atoms with Crippen molar-refractivity contribution in [3.63, 3.8) is 0 Å². The largest absolute Gasteiger partial charge is 0.490 e. The third-order valence-electron chi connectivity index (χ3n) is 7.40. The molecule has 43 heavy (non-hydrogen) atoms. The van der Waals surface area contributed by atoms with E-state index in [0.29, 0.717) is 53.0 Å². The van der Waals surface area contributed by atoms with Gasteiger partial charge in [-0.3, -0.25) is 4.79 Å². The van der Waals surface area contributed by atoms with Gasteiger partial charge in [0.25, 0.3) is 5.91 Å². The second-order valence-corrected chi connectivity index (χ2v) is 11.8. The number of rotatable bonds is 7. The summed E-state index contributed by atoms with van der Waals surface area (Å²) in [5, 5.41) is 17.6. The van der Waals surface area contributed by atoms with E-state index in [4.69, 9.17) is 9.47 Å². The van der Waals surface area contributed by atoms with Crippen LogP contribution in [0.1, 0.15) is 77.3 Å². The number of hydrogen-bond donors (Lipinski definition) is 2. The Bertz CT molecular complexity index is 1760. The lowest BCUT2D eigenvalue weighted by atomic mass is 9.91. The number of aromatic nitrogens is 3. The van der Waals surface area contributed by atoms with Crippen LogP contribution in [0.25, 0.3) is 16.9 Å². The molecule has 0 saturated carbocycles. The maximum Gasteiger partial charge on any atom is 0.337 e. The average molecular weight is 593 g/mol. The second-order valence-electron chi connectivity index (χ2n) is 11.8. The number of benzene rings is 2. The molecule has 1 aliphatic heterocycles. The van der Waals surface area contributed by atoms with Crippen LogP contribution in [-0.4, -0.2) is 43.8 Å². The van der Waals surface area contributed by atoms with Crippen LogP contribution in [0.4, 0.5) is 8.78 Å². The van der Waals surface area contributed by atoms with Crippen molar-refractivity contribution in [1.29, 1.82) is 0 Å². The first-order valence-electron chi connectivity index (χ1n) is 14.0. The molecule has 0 fully saturated rings. The number of ether oxygens (including phenoxy) is 2. The highest BCUT2D eigenvalue weighted by Gasteiger charge is 2.35. The molecule has 0 saturated heterocycles. The number of amides is 1. The highest BCUT2D eigenvalue weighted by Crippen LogP contribution is 2.41. The number of fused-ring (bicyclic) bond motifs is 2. The highest BCUT2D eigenvalue weighted by molar-refractivity contribution is 5.93. The normalized spacial score (nSPS) is 13.9. The van der Waals surface area contributed by atoms with Gasteiger partial charge in [0.2, 0.25) is 0 Å². The number of carbonyl (C=O) groups is 2. The Hall–Kier alpha value is -4.38. The smallest absolute Gasteiger partial charge is 0.337 e. The first-order chi connectivity index (χ1) is 20.2. The minimum atomic E-state index is -1.47. The number of hydrogen-bond acceptors (Lipinski definition) is 6. The maximum atomic E-state index is 15.5. The lowest BCUT2D eigenvalue weighted by Gasteiger charge is -2.28. The number of aryl methyl sites for hydroxylation is 2. The molecular weight excluding hydrogens is 558 g/mol. The van der Waals surface area contributed by atoms with Gasteiger partial charge in [-0.2, -0.15) is 5.10 Å². The van der Waals surface area contributed by atoms with Crippen LogP contribution >= 0.6 is 0 Å². The van der Waals surface area contributed by atoms with Gasteiger partial charge in [0, 0.05) is 35.0 Å². The molecule has 0 unspecified atom stereocenters. The summed E-state index contributed by atoms with van der Waals surface area (Å²) in [6, 6.07) is 7.48. The van der Waals surface area contributed by atoms with Crippen LogP contribution in [0, 0.1) is 32.4 Å². The zero-order chi connectivity index (χ0) is 31.2. The fourth-order valence-corrected chi connectivity index (χ4v) is 5.33. The monoisotopic (exact) mass is 592 g/mol. The van der Waals surface area contributed by atoms with Crippen LogP contribution in [0.2, 0.25) is 0 Å². The highest BCUT2D eigenvalue weighted by atomic mass is 19.1. The van der Waals surface area contributed by atoms with Gasteiger partial charge in [0.15, 0.2) is 29.0 Å². The lowest BCUT2D eigenvalue weighted by Crippen LogP contribution is -2.29. The van der Waals surface area contributed by atoms with Crippen molar-refractivity contribution < 1.29 is 33.0 Å². The molecule has 11 heteroatoms. The molecule has 2 aromatic carbocycles. The summed E-state index contributed by atoms with van der Waals surface area (Å²) in [4.78, 5) is 30.4. The van der Waals surface area contributed by atoms with Crippen LogP contribution in [-0.2, 0) is 22.5 Å². The second kappa shape index (κ2) is 11.4. The average Bonchev–Trinajstić information content (AvgIpc) is 3.37.